The second-order valence-corrected chi connectivity index (χ2v) is 5.83. The summed E-state index contributed by atoms with van der Waals surface area (Å²) in [5.74, 6) is 0.930. The average molecular weight is 313 g/mol. The number of aromatic nitrogens is 2. The minimum Gasteiger partial charge on any atom is -0.494 e. The van der Waals surface area contributed by atoms with E-state index < -0.39 is 0 Å². The van der Waals surface area contributed by atoms with Crippen LogP contribution in [0.4, 0.5) is 0 Å². The van der Waals surface area contributed by atoms with E-state index in [0.717, 1.165) is 48.3 Å². The number of aromatic amines is 1. The Morgan fingerprint density at radius 2 is 2.30 bits per heavy atom. The molecule has 0 radical (unpaired) electrons. The summed E-state index contributed by atoms with van der Waals surface area (Å²) in [5.41, 5.74) is 3.30. The number of H-pyrrole nitrogens is 1. The molecule has 122 valence electrons. The van der Waals surface area contributed by atoms with Crippen LogP contribution in [0.2, 0.25) is 0 Å². The fourth-order valence-electron chi connectivity index (χ4n) is 3.18. The van der Waals surface area contributed by atoms with Gasteiger partial charge in [-0.3, -0.25) is 9.89 Å². The molecule has 1 amide bonds. The first-order chi connectivity index (χ1) is 11.3. The Kier molecular flexibility index (Phi) is 4.95. The second kappa shape index (κ2) is 7.31. The highest BCUT2D eigenvalue weighted by molar-refractivity contribution is 5.84. The average Bonchev–Trinajstić information content (AvgIpc) is 3.05. The third-order valence-electron chi connectivity index (χ3n) is 4.33. The Hall–Kier alpha value is -2.30. The van der Waals surface area contributed by atoms with Crippen LogP contribution in [0.1, 0.15) is 42.5 Å². The van der Waals surface area contributed by atoms with Gasteiger partial charge in [0.2, 0.25) is 5.91 Å². The van der Waals surface area contributed by atoms with Crippen LogP contribution in [0.25, 0.3) is 0 Å². The Morgan fingerprint density at radius 1 is 1.43 bits per heavy atom. The first-order valence-electron chi connectivity index (χ1n) is 8.30. The van der Waals surface area contributed by atoms with Gasteiger partial charge in [0.05, 0.1) is 18.7 Å². The molecule has 0 fully saturated rings. The van der Waals surface area contributed by atoms with Gasteiger partial charge in [0, 0.05) is 17.8 Å². The van der Waals surface area contributed by atoms with Crippen molar-refractivity contribution in [1.82, 2.24) is 15.5 Å². The van der Waals surface area contributed by atoms with Crippen LogP contribution >= 0.6 is 0 Å². The van der Waals surface area contributed by atoms with E-state index >= 15 is 0 Å². The summed E-state index contributed by atoms with van der Waals surface area (Å²) in [6.45, 7) is 3.24. The number of nitrogens with zero attached hydrogens (tertiary/aromatic N) is 1. The zero-order valence-electron chi connectivity index (χ0n) is 13.5. The van der Waals surface area contributed by atoms with Crippen molar-refractivity contribution >= 4 is 5.91 Å². The van der Waals surface area contributed by atoms with Gasteiger partial charge >= 0.3 is 0 Å². The SMILES string of the molecule is CCOc1ccccc1CCNC(=O)C1CCCc2[nH]ncc21. The predicted molar refractivity (Wildman–Crippen MR) is 88.6 cm³/mol. The van der Waals surface area contributed by atoms with Gasteiger partial charge in [0.1, 0.15) is 5.75 Å². The number of benzene rings is 1. The number of hydrogen-bond acceptors (Lipinski definition) is 3. The molecule has 2 aromatic rings. The van der Waals surface area contributed by atoms with Gasteiger partial charge < -0.3 is 10.1 Å². The monoisotopic (exact) mass is 313 g/mol. The summed E-state index contributed by atoms with van der Waals surface area (Å²) in [6, 6.07) is 7.99. The van der Waals surface area contributed by atoms with E-state index in [9.17, 15) is 4.79 Å². The number of nitrogens with one attached hydrogen (secondary N) is 2. The van der Waals surface area contributed by atoms with Crippen LogP contribution in [0.5, 0.6) is 5.75 Å². The molecule has 1 heterocycles. The maximum atomic E-state index is 12.5. The Labute approximate surface area is 136 Å². The zero-order chi connectivity index (χ0) is 16.1. The quantitative estimate of drug-likeness (QED) is 0.861. The first kappa shape index (κ1) is 15.6. The van der Waals surface area contributed by atoms with E-state index in [-0.39, 0.29) is 11.8 Å². The molecule has 5 nitrogen and oxygen atoms in total. The van der Waals surface area contributed by atoms with Crippen molar-refractivity contribution in [2.24, 2.45) is 0 Å². The molecule has 23 heavy (non-hydrogen) atoms. The number of fused-ring (bicyclic) bond motifs is 1. The molecule has 1 aromatic carbocycles. The zero-order valence-corrected chi connectivity index (χ0v) is 13.5. The molecule has 1 aliphatic carbocycles. The van der Waals surface area contributed by atoms with E-state index in [1.54, 1.807) is 6.20 Å². The normalized spacial score (nSPS) is 16.7. The summed E-state index contributed by atoms with van der Waals surface area (Å²) in [4.78, 5) is 12.5. The lowest BCUT2D eigenvalue weighted by atomic mass is 9.86. The van der Waals surface area contributed by atoms with Crippen LogP contribution < -0.4 is 10.1 Å². The van der Waals surface area contributed by atoms with E-state index in [4.69, 9.17) is 4.74 Å². The van der Waals surface area contributed by atoms with Crippen molar-refractivity contribution in [1.29, 1.82) is 0 Å². The van der Waals surface area contributed by atoms with Gasteiger partial charge in [0.25, 0.3) is 0 Å². The molecule has 1 unspecified atom stereocenters. The van der Waals surface area contributed by atoms with Crippen molar-refractivity contribution < 1.29 is 9.53 Å². The van der Waals surface area contributed by atoms with Crippen LogP contribution in [0.3, 0.4) is 0 Å². The van der Waals surface area contributed by atoms with Crippen molar-refractivity contribution in [2.75, 3.05) is 13.2 Å². The lowest BCUT2D eigenvalue weighted by molar-refractivity contribution is -0.122. The minimum atomic E-state index is -0.0698. The highest BCUT2D eigenvalue weighted by Gasteiger charge is 2.27. The fraction of sp³-hybridized carbons (Fsp3) is 0.444. The smallest absolute Gasteiger partial charge is 0.227 e. The van der Waals surface area contributed by atoms with Gasteiger partial charge in [-0.05, 0) is 44.2 Å². The van der Waals surface area contributed by atoms with E-state index in [0.29, 0.717) is 13.2 Å². The number of carbonyl (C=O) groups excluding carboxylic acids is 1. The molecule has 2 N–H and O–H groups in total. The summed E-state index contributed by atoms with van der Waals surface area (Å²) in [7, 11) is 0. The first-order valence-corrected chi connectivity index (χ1v) is 8.30. The molecule has 1 aliphatic rings. The van der Waals surface area contributed by atoms with Gasteiger partial charge in [-0.1, -0.05) is 18.2 Å². The van der Waals surface area contributed by atoms with Gasteiger partial charge in [-0.25, -0.2) is 0 Å². The minimum absolute atomic E-state index is 0.0698. The number of hydrogen-bond donors (Lipinski definition) is 2. The molecule has 1 aromatic heterocycles. The van der Waals surface area contributed by atoms with Crippen LogP contribution in [0, 0.1) is 0 Å². The molecule has 0 bridgehead atoms. The molecule has 0 saturated heterocycles. The highest BCUT2D eigenvalue weighted by atomic mass is 16.5. The molecule has 0 spiro atoms. The van der Waals surface area contributed by atoms with Crippen molar-refractivity contribution in [3.05, 3.63) is 47.3 Å². The largest absolute Gasteiger partial charge is 0.494 e. The topological polar surface area (TPSA) is 67.0 Å². The fourth-order valence-corrected chi connectivity index (χ4v) is 3.18. The summed E-state index contributed by atoms with van der Waals surface area (Å²) in [5, 5.41) is 10.1. The van der Waals surface area contributed by atoms with Crippen molar-refractivity contribution in [3.63, 3.8) is 0 Å². The predicted octanol–water partition coefficient (Wildman–Crippen LogP) is 2.59. The third kappa shape index (κ3) is 3.55. The molecule has 0 saturated carbocycles. The van der Waals surface area contributed by atoms with Gasteiger partial charge in [-0.2, -0.15) is 5.10 Å². The van der Waals surface area contributed by atoms with Gasteiger partial charge in [0.15, 0.2) is 0 Å². The Bertz CT molecular complexity index is 666. The molecule has 0 aliphatic heterocycles. The lowest BCUT2D eigenvalue weighted by Crippen LogP contribution is -2.32. The van der Waals surface area contributed by atoms with E-state index in [1.165, 1.54) is 0 Å². The van der Waals surface area contributed by atoms with Crippen molar-refractivity contribution in [2.45, 2.75) is 38.5 Å². The highest BCUT2D eigenvalue weighted by Crippen LogP contribution is 2.30. The molecule has 5 heteroatoms. The lowest BCUT2D eigenvalue weighted by Gasteiger charge is -2.21. The number of rotatable bonds is 6. The standard InChI is InChI=1S/C18H23N3O2/c1-2-23-17-9-4-3-6-13(17)10-11-19-18(22)14-7-5-8-16-15(14)12-20-21-16/h3-4,6,9,12,14H,2,5,7-8,10-11H2,1H3,(H,19,22)(H,20,21). The number of para-hydroxylation sites is 1. The van der Waals surface area contributed by atoms with E-state index in [1.807, 2.05) is 31.2 Å². The summed E-state index contributed by atoms with van der Waals surface area (Å²) < 4.78 is 5.62. The van der Waals surface area contributed by atoms with Crippen LogP contribution in [-0.4, -0.2) is 29.3 Å². The maximum absolute atomic E-state index is 12.5. The van der Waals surface area contributed by atoms with Crippen LogP contribution in [0.15, 0.2) is 30.5 Å². The van der Waals surface area contributed by atoms with Gasteiger partial charge in [-0.15, -0.1) is 0 Å². The maximum Gasteiger partial charge on any atom is 0.227 e. The second-order valence-electron chi connectivity index (χ2n) is 5.83. The summed E-state index contributed by atoms with van der Waals surface area (Å²) in [6.07, 6.45) is 5.48. The Morgan fingerprint density at radius 3 is 3.17 bits per heavy atom. The number of aryl methyl sites for hydroxylation is 1. The third-order valence-corrected chi connectivity index (χ3v) is 4.33. The number of amides is 1. The number of ether oxygens (including phenoxy) is 1. The molecule has 1 atom stereocenters. The van der Waals surface area contributed by atoms with E-state index in [2.05, 4.69) is 15.5 Å². The molecular weight excluding hydrogens is 290 g/mol. The Balaban J connectivity index is 1.57. The number of carbonyl (C=O) groups is 1. The molecular formula is C18H23N3O2. The summed E-state index contributed by atoms with van der Waals surface area (Å²) >= 11 is 0. The van der Waals surface area contributed by atoms with Crippen LogP contribution in [-0.2, 0) is 17.6 Å². The molecule has 3 rings (SSSR count). The van der Waals surface area contributed by atoms with Crippen molar-refractivity contribution in [3.8, 4) is 5.75 Å².